The van der Waals surface area contributed by atoms with Crippen LogP contribution in [0.4, 0.5) is 0 Å². The molecule has 298 valence electrons. The molecule has 0 fully saturated rings. The third kappa shape index (κ3) is 36.2. The van der Waals surface area contributed by atoms with E-state index in [4.69, 9.17) is 15.3 Å². The van der Waals surface area contributed by atoms with Gasteiger partial charge < -0.3 is 51.4 Å². The van der Waals surface area contributed by atoms with Gasteiger partial charge in [-0.2, -0.15) is 0 Å². The first-order valence-electron chi connectivity index (χ1n) is 16.6. The van der Waals surface area contributed by atoms with Crippen molar-refractivity contribution >= 4 is 38.4 Å². The fourth-order valence-electron chi connectivity index (χ4n) is 3.61. The standard InChI is InChI=1S/C13H26N2O2.C8H18NO7P.C6H12N2O3.C4H6N2/c1-6-7-15(12(5)16)9-13(17)14-11(4)8-10(2)3;1-7(4-9-6-11)16-17(13,14)15-3-2-8(12)5-10;1-5(3-9)8-6(11)2-7-4-10;1-4-2-5-3-6-4/h10-11H,6-9H2,1-5H3,(H,14,17);6-8,10,12H,2-5H2,1H3,(H,9,11)(H,13,14);4-5,9H,2-3H2,1H3,(H,7,10)(H,8,11);2-3H,1H3,(H,5,6). The van der Waals surface area contributed by atoms with Gasteiger partial charge in [0.25, 0.3) is 0 Å². The molecule has 0 aromatic carbocycles. The van der Waals surface area contributed by atoms with E-state index in [1.807, 2.05) is 20.8 Å². The van der Waals surface area contributed by atoms with Gasteiger partial charge in [0.05, 0.1) is 51.4 Å². The monoisotopic (exact) mass is 755 g/mol. The van der Waals surface area contributed by atoms with Crippen molar-refractivity contribution in [2.24, 2.45) is 5.92 Å². The molecule has 0 bridgehead atoms. The van der Waals surface area contributed by atoms with E-state index in [1.165, 1.54) is 13.8 Å². The van der Waals surface area contributed by atoms with Crippen LogP contribution in [-0.2, 0) is 37.6 Å². The fraction of sp³-hybridized carbons (Fsp3) is 0.742. The Bertz CT molecular complexity index is 1100. The minimum absolute atomic E-state index is 0.0192. The van der Waals surface area contributed by atoms with E-state index >= 15 is 0 Å². The summed E-state index contributed by atoms with van der Waals surface area (Å²) >= 11 is 0. The smallest absolute Gasteiger partial charge is 0.394 e. The number of nitrogens with one attached hydrogen (secondary N) is 5. The number of aromatic nitrogens is 2. The Morgan fingerprint density at radius 2 is 1.63 bits per heavy atom. The number of rotatable bonds is 22. The number of hydrogen-bond acceptors (Lipinski definition) is 12. The number of hydrogen-bond donors (Lipinski definition) is 9. The van der Waals surface area contributed by atoms with E-state index < -0.39 is 26.6 Å². The highest BCUT2D eigenvalue weighted by Crippen LogP contribution is 2.44. The second-order valence-corrected chi connectivity index (χ2v) is 13.2. The summed E-state index contributed by atoms with van der Waals surface area (Å²) in [7, 11) is -4.20. The summed E-state index contributed by atoms with van der Waals surface area (Å²) in [6, 6.07) is -0.103. The molecular weight excluding hydrogens is 693 g/mol. The third-order valence-corrected chi connectivity index (χ3v) is 7.02. The lowest BCUT2D eigenvalue weighted by atomic mass is 10.1. The van der Waals surface area contributed by atoms with Crippen LogP contribution in [0.3, 0.4) is 0 Å². The van der Waals surface area contributed by atoms with E-state index in [1.54, 1.807) is 24.3 Å². The quantitative estimate of drug-likeness (QED) is 0.0546. The summed E-state index contributed by atoms with van der Waals surface area (Å²) < 4.78 is 20.5. The maximum Gasteiger partial charge on any atom is 0.472 e. The Labute approximate surface area is 301 Å². The van der Waals surface area contributed by atoms with Crippen molar-refractivity contribution in [3.8, 4) is 0 Å². The van der Waals surface area contributed by atoms with Crippen molar-refractivity contribution in [3.63, 3.8) is 0 Å². The summed E-state index contributed by atoms with van der Waals surface area (Å²) in [5, 5.41) is 35.8. The van der Waals surface area contributed by atoms with Gasteiger partial charge in [0.2, 0.25) is 30.5 Å². The number of H-pyrrole nitrogens is 1. The lowest BCUT2D eigenvalue weighted by Crippen LogP contribution is -2.43. The summed E-state index contributed by atoms with van der Waals surface area (Å²) in [5.41, 5.74) is 1.11. The predicted octanol–water partition coefficient (Wildman–Crippen LogP) is -0.259. The van der Waals surface area contributed by atoms with Crippen LogP contribution < -0.4 is 21.3 Å². The number of carbonyl (C=O) groups is 5. The zero-order chi connectivity index (χ0) is 39.8. The molecule has 5 unspecified atom stereocenters. The highest BCUT2D eigenvalue weighted by atomic mass is 31.2. The SMILES string of the molecule is CC(CNC=O)OP(=O)(O)OCCC(O)CO.CC(CO)NC(=O)CNC=O.CCCN(CC(=O)NC(C)CC(C)C)C(C)=O.Cc1cnc[nH]1. The molecule has 0 aliphatic rings. The molecule has 0 radical (unpaired) electrons. The molecule has 0 saturated heterocycles. The second kappa shape index (κ2) is 32.5. The molecule has 20 heteroatoms. The van der Waals surface area contributed by atoms with Crippen LogP contribution in [0.2, 0.25) is 0 Å². The molecule has 1 heterocycles. The van der Waals surface area contributed by atoms with Crippen molar-refractivity contribution in [3.05, 3.63) is 18.2 Å². The number of aliphatic hydroxyl groups excluding tert-OH is 3. The summed E-state index contributed by atoms with van der Waals surface area (Å²) in [6.07, 6.45) is 4.50. The largest absolute Gasteiger partial charge is 0.472 e. The van der Waals surface area contributed by atoms with Gasteiger partial charge in [-0.15, -0.1) is 0 Å². The van der Waals surface area contributed by atoms with Crippen LogP contribution >= 0.6 is 7.82 Å². The van der Waals surface area contributed by atoms with E-state index in [9.17, 15) is 33.4 Å². The first-order chi connectivity index (χ1) is 23.9. The molecule has 1 aromatic rings. The molecule has 0 spiro atoms. The van der Waals surface area contributed by atoms with E-state index in [-0.39, 0.29) is 69.1 Å². The number of phosphoric acid groups is 1. The van der Waals surface area contributed by atoms with Gasteiger partial charge in [-0.1, -0.05) is 20.8 Å². The Balaban J connectivity index is -0.000000636. The summed E-state index contributed by atoms with van der Waals surface area (Å²) in [4.78, 5) is 70.9. The van der Waals surface area contributed by atoms with Gasteiger partial charge in [0.1, 0.15) is 0 Å². The lowest BCUT2D eigenvalue weighted by Gasteiger charge is -2.22. The number of carbonyl (C=O) groups excluding carboxylic acids is 5. The van der Waals surface area contributed by atoms with Gasteiger partial charge >= 0.3 is 7.82 Å². The van der Waals surface area contributed by atoms with Crippen LogP contribution in [0, 0.1) is 12.8 Å². The number of phosphoric ester groups is 1. The Hall–Kier alpha value is -3.45. The van der Waals surface area contributed by atoms with Crippen molar-refractivity contribution in [2.75, 3.05) is 46.0 Å². The Kier molecular flexibility index (Phi) is 33.0. The number of nitrogens with zero attached hydrogens (tertiary/aromatic N) is 2. The van der Waals surface area contributed by atoms with Crippen molar-refractivity contribution in [1.82, 2.24) is 36.1 Å². The van der Waals surface area contributed by atoms with Crippen LogP contribution in [0.25, 0.3) is 0 Å². The predicted molar refractivity (Wildman–Crippen MR) is 190 cm³/mol. The average molecular weight is 756 g/mol. The van der Waals surface area contributed by atoms with Crippen LogP contribution in [0.15, 0.2) is 12.5 Å². The van der Waals surface area contributed by atoms with Gasteiger partial charge in [0, 0.05) is 44.0 Å². The van der Waals surface area contributed by atoms with Crippen LogP contribution in [0.5, 0.6) is 0 Å². The first-order valence-corrected chi connectivity index (χ1v) is 18.1. The third-order valence-electron chi connectivity index (χ3n) is 5.89. The zero-order valence-corrected chi connectivity index (χ0v) is 32.1. The minimum atomic E-state index is -4.20. The highest BCUT2D eigenvalue weighted by molar-refractivity contribution is 7.47. The summed E-state index contributed by atoms with van der Waals surface area (Å²) in [6.45, 7) is 14.9. The molecule has 1 aromatic heterocycles. The van der Waals surface area contributed by atoms with Crippen LogP contribution in [-0.4, -0.2) is 136 Å². The van der Waals surface area contributed by atoms with E-state index in [0.29, 0.717) is 25.3 Å². The molecule has 0 aliphatic heterocycles. The average Bonchev–Trinajstić information content (AvgIpc) is 3.53. The molecule has 0 aliphatic carbocycles. The highest BCUT2D eigenvalue weighted by Gasteiger charge is 2.24. The van der Waals surface area contributed by atoms with Gasteiger partial charge in [-0.25, -0.2) is 9.55 Å². The van der Waals surface area contributed by atoms with Crippen molar-refractivity contribution in [1.29, 1.82) is 0 Å². The number of aryl methyl sites for hydroxylation is 1. The minimum Gasteiger partial charge on any atom is -0.394 e. The number of amides is 5. The molecule has 51 heavy (non-hydrogen) atoms. The Morgan fingerprint density at radius 3 is 2.06 bits per heavy atom. The molecule has 5 atom stereocenters. The number of aliphatic hydroxyl groups is 3. The van der Waals surface area contributed by atoms with Crippen LogP contribution in [0.1, 0.15) is 73.4 Å². The summed E-state index contributed by atoms with van der Waals surface area (Å²) in [5.74, 6) is 0.142. The molecule has 0 saturated carbocycles. The lowest BCUT2D eigenvalue weighted by molar-refractivity contribution is -0.134. The van der Waals surface area contributed by atoms with E-state index in [0.717, 1.165) is 18.5 Å². The maximum atomic E-state index is 11.7. The van der Waals surface area contributed by atoms with E-state index in [2.05, 4.69) is 54.1 Å². The fourth-order valence-corrected chi connectivity index (χ4v) is 4.54. The Morgan fingerprint density at radius 1 is 1.02 bits per heavy atom. The van der Waals surface area contributed by atoms with Gasteiger partial charge in [-0.3, -0.25) is 33.0 Å². The maximum absolute atomic E-state index is 11.7. The normalized spacial score (nSPS) is 13.7. The molecule has 1 rings (SSSR count). The molecule has 19 nitrogen and oxygen atoms in total. The molecule has 9 N–H and O–H groups in total. The van der Waals surface area contributed by atoms with Gasteiger partial charge in [0.15, 0.2) is 0 Å². The topological polar surface area (TPSA) is 282 Å². The first kappa shape index (κ1) is 51.9. The number of aromatic amines is 1. The second-order valence-electron chi connectivity index (χ2n) is 11.8. The van der Waals surface area contributed by atoms with Gasteiger partial charge in [-0.05, 0) is 52.9 Å². The molecular formula is C31H62N7O12P. The van der Waals surface area contributed by atoms with Crippen molar-refractivity contribution < 1.29 is 57.8 Å². The van der Waals surface area contributed by atoms with Crippen molar-refractivity contribution in [2.45, 2.75) is 98.9 Å². The molecule has 5 amide bonds. The number of imidazole rings is 1. The zero-order valence-electron chi connectivity index (χ0n) is 31.2.